The van der Waals surface area contributed by atoms with Gasteiger partial charge < -0.3 is 4.90 Å². The number of halogens is 1. The minimum atomic E-state index is -0.0778. The Morgan fingerprint density at radius 3 is 2.75 bits per heavy atom. The summed E-state index contributed by atoms with van der Waals surface area (Å²) in [6, 6.07) is 0. The van der Waals surface area contributed by atoms with Crippen molar-refractivity contribution < 1.29 is 4.79 Å². The molecule has 0 spiro atoms. The number of aryl methyl sites for hydroxylation is 1. The third-order valence-electron chi connectivity index (χ3n) is 2.22. The molecule has 16 heavy (non-hydrogen) atoms. The number of alkyl halides is 1. The van der Waals surface area contributed by atoms with E-state index in [1.54, 1.807) is 15.8 Å². The van der Waals surface area contributed by atoms with Crippen molar-refractivity contribution in [1.82, 2.24) is 9.78 Å². The first-order chi connectivity index (χ1) is 7.58. The molecule has 0 bridgehead atoms. The second-order valence-corrected chi connectivity index (χ2v) is 4.35. The average molecular weight is 244 g/mol. The molecule has 0 aliphatic heterocycles. The number of amides is 1. The van der Waals surface area contributed by atoms with Gasteiger partial charge in [0.05, 0.1) is 11.9 Å². The van der Waals surface area contributed by atoms with Crippen molar-refractivity contribution in [2.45, 2.75) is 27.3 Å². The molecule has 0 aliphatic carbocycles. The van der Waals surface area contributed by atoms with Gasteiger partial charge >= 0.3 is 0 Å². The van der Waals surface area contributed by atoms with Crippen molar-refractivity contribution in [1.29, 1.82) is 0 Å². The van der Waals surface area contributed by atoms with Gasteiger partial charge in [0.1, 0.15) is 5.88 Å². The first-order valence-electron chi connectivity index (χ1n) is 5.47. The van der Waals surface area contributed by atoms with Crippen LogP contribution in [0.2, 0.25) is 0 Å². The lowest BCUT2D eigenvalue weighted by atomic mass is 10.2. The Balaban J connectivity index is 2.86. The summed E-state index contributed by atoms with van der Waals surface area (Å²) in [4.78, 5) is 13.4. The Hall–Kier alpha value is -1.03. The number of aromatic nitrogens is 2. The van der Waals surface area contributed by atoms with E-state index in [0.717, 1.165) is 12.2 Å². The molecule has 4 nitrogen and oxygen atoms in total. The minimum absolute atomic E-state index is 0.00399. The van der Waals surface area contributed by atoms with Crippen LogP contribution in [0, 0.1) is 5.92 Å². The van der Waals surface area contributed by atoms with Crippen molar-refractivity contribution in [3.8, 4) is 0 Å². The van der Waals surface area contributed by atoms with E-state index < -0.39 is 0 Å². The Morgan fingerprint density at radius 1 is 1.62 bits per heavy atom. The summed E-state index contributed by atoms with van der Waals surface area (Å²) in [5, 5.41) is 4.16. The van der Waals surface area contributed by atoms with Crippen molar-refractivity contribution >= 4 is 23.2 Å². The lowest BCUT2D eigenvalue weighted by Gasteiger charge is -2.21. The molecule has 1 aromatic rings. The van der Waals surface area contributed by atoms with Crippen LogP contribution < -0.4 is 4.90 Å². The molecule has 90 valence electrons. The maximum atomic E-state index is 11.7. The molecule has 0 atom stereocenters. The van der Waals surface area contributed by atoms with Crippen LogP contribution in [0.4, 0.5) is 5.69 Å². The van der Waals surface area contributed by atoms with Crippen molar-refractivity contribution in [3.63, 3.8) is 0 Å². The molecule has 1 aromatic heterocycles. The molecule has 0 aliphatic rings. The molecular formula is C11H18ClN3O. The van der Waals surface area contributed by atoms with Crippen LogP contribution in [-0.2, 0) is 11.3 Å². The average Bonchev–Trinajstić information content (AvgIpc) is 2.72. The Kier molecular flexibility index (Phi) is 4.80. The summed E-state index contributed by atoms with van der Waals surface area (Å²) < 4.78 is 1.80. The van der Waals surface area contributed by atoms with Crippen LogP contribution in [0.5, 0.6) is 0 Å². The summed E-state index contributed by atoms with van der Waals surface area (Å²) in [6.45, 7) is 7.61. The third-order valence-corrected chi connectivity index (χ3v) is 2.45. The van der Waals surface area contributed by atoms with E-state index >= 15 is 0 Å². The molecule has 1 heterocycles. The minimum Gasteiger partial charge on any atom is -0.308 e. The van der Waals surface area contributed by atoms with Gasteiger partial charge in [-0.1, -0.05) is 13.8 Å². The molecule has 0 N–H and O–H groups in total. The second kappa shape index (κ2) is 5.89. The fourth-order valence-electron chi connectivity index (χ4n) is 1.45. The van der Waals surface area contributed by atoms with Crippen LogP contribution in [0.1, 0.15) is 20.8 Å². The first kappa shape index (κ1) is 13.0. The van der Waals surface area contributed by atoms with Crippen molar-refractivity contribution in [3.05, 3.63) is 12.4 Å². The SMILES string of the molecule is CCn1cc(N(CC(C)C)C(=O)CCl)cn1. The van der Waals surface area contributed by atoms with Gasteiger partial charge in [-0.3, -0.25) is 9.48 Å². The molecule has 0 saturated heterocycles. The number of hydrogen-bond acceptors (Lipinski definition) is 2. The first-order valence-corrected chi connectivity index (χ1v) is 6.00. The molecular weight excluding hydrogens is 226 g/mol. The quantitative estimate of drug-likeness (QED) is 0.743. The monoisotopic (exact) mass is 243 g/mol. The number of anilines is 1. The molecule has 0 aromatic carbocycles. The second-order valence-electron chi connectivity index (χ2n) is 4.09. The highest BCUT2D eigenvalue weighted by atomic mass is 35.5. The van der Waals surface area contributed by atoms with E-state index in [2.05, 4.69) is 18.9 Å². The molecule has 1 amide bonds. The van der Waals surface area contributed by atoms with Crippen LogP contribution in [0.25, 0.3) is 0 Å². The lowest BCUT2D eigenvalue weighted by molar-refractivity contribution is -0.116. The normalized spacial score (nSPS) is 10.8. The van der Waals surface area contributed by atoms with Gasteiger partial charge in [0, 0.05) is 19.3 Å². The van der Waals surface area contributed by atoms with Gasteiger partial charge in [0.25, 0.3) is 0 Å². The molecule has 5 heteroatoms. The van der Waals surface area contributed by atoms with Gasteiger partial charge in [-0.05, 0) is 12.8 Å². The number of nitrogens with zero attached hydrogens (tertiary/aromatic N) is 3. The number of carbonyl (C=O) groups excluding carboxylic acids is 1. The van der Waals surface area contributed by atoms with Gasteiger partial charge in [-0.15, -0.1) is 11.6 Å². The number of rotatable bonds is 5. The molecule has 0 saturated carbocycles. The lowest BCUT2D eigenvalue weighted by Crippen LogP contribution is -2.34. The zero-order chi connectivity index (χ0) is 12.1. The zero-order valence-corrected chi connectivity index (χ0v) is 10.7. The van der Waals surface area contributed by atoms with Crippen LogP contribution >= 0.6 is 11.6 Å². The van der Waals surface area contributed by atoms with Crippen LogP contribution in [0.3, 0.4) is 0 Å². The predicted molar refractivity (Wildman–Crippen MR) is 65.8 cm³/mol. The van der Waals surface area contributed by atoms with E-state index in [9.17, 15) is 4.79 Å². The van der Waals surface area contributed by atoms with E-state index in [1.807, 2.05) is 13.1 Å². The van der Waals surface area contributed by atoms with Crippen molar-refractivity contribution in [2.75, 3.05) is 17.3 Å². The van der Waals surface area contributed by atoms with Gasteiger partial charge in [-0.25, -0.2) is 0 Å². The van der Waals surface area contributed by atoms with Gasteiger partial charge in [0.2, 0.25) is 5.91 Å². The predicted octanol–water partition coefficient (Wildman–Crippen LogP) is 2.13. The highest BCUT2D eigenvalue weighted by Gasteiger charge is 2.17. The van der Waals surface area contributed by atoms with E-state index in [-0.39, 0.29) is 11.8 Å². The summed E-state index contributed by atoms with van der Waals surface area (Å²) in [5.74, 6) is 0.326. The number of hydrogen-bond donors (Lipinski definition) is 0. The van der Waals surface area contributed by atoms with E-state index in [1.165, 1.54) is 0 Å². The smallest absolute Gasteiger partial charge is 0.242 e. The largest absolute Gasteiger partial charge is 0.308 e. The van der Waals surface area contributed by atoms with Crippen LogP contribution in [0.15, 0.2) is 12.4 Å². The fraction of sp³-hybridized carbons (Fsp3) is 0.636. The highest BCUT2D eigenvalue weighted by molar-refractivity contribution is 6.29. The highest BCUT2D eigenvalue weighted by Crippen LogP contribution is 2.15. The van der Waals surface area contributed by atoms with Gasteiger partial charge in [0.15, 0.2) is 0 Å². The van der Waals surface area contributed by atoms with Crippen molar-refractivity contribution in [2.24, 2.45) is 5.92 Å². The van der Waals surface area contributed by atoms with Crippen LogP contribution in [-0.4, -0.2) is 28.1 Å². The summed E-state index contributed by atoms with van der Waals surface area (Å²) in [5.41, 5.74) is 0.821. The number of carbonyl (C=O) groups is 1. The van der Waals surface area contributed by atoms with E-state index in [4.69, 9.17) is 11.6 Å². The molecule has 0 radical (unpaired) electrons. The molecule has 1 rings (SSSR count). The maximum Gasteiger partial charge on any atom is 0.242 e. The fourth-order valence-corrected chi connectivity index (χ4v) is 1.60. The Labute approximate surface area is 101 Å². The molecule has 0 unspecified atom stereocenters. The Bertz CT molecular complexity index is 349. The zero-order valence-electron chi connectivity index (χ0n) is 9.98. The summed E-state index contributed by atoms with van der Waals surface area (Å²) >= 11 is 5.60. The topological polar surface area (TPSA) is 38.1 Å². The summed E-state index contributed by atoms with van der Waals surface area (Å²) in [7, 11) is 0. The summed E-state index contributed by atoms with van der Waals surface area (Å²) in [6.07, 6.45) is 3.57. The standard InChI is InChI=1S/C11H18ClN3O/c1-4-14-8-10(6-13-14)15(7-9(2)3)11(16)5-12/h6,8-9H,4-5,7H2,1-3H3. The molecule has 0 fully saturated rings. The van der Waals surface area contributed by atoms with Gasteiger partial charge in [-0.2, -0.15) is 5.10 Å². The third kappa shape index (κ3) is 3.23. The van der Waals surface area contributed by atoms with E-state index in [0.29, 0.717) is 12.5 Å². The maximum absolute atomic E-state index is 11.7. The Morgan fingerprint density at radius 2 is 2.31 bits per heavy atom.